The van der Waals surface area contributed by atoms with Gasteiger partial charge in [0.05, 0.1) is 26.4 Å². The summed E-state index contributed by atoms with van der Waals surface area (Å²) in [4.78, 5) is 22.6. The second-order valence-corrected chi connectivity index (χ2v) is 17.9. The topological polar surface area (TPSA) is 132 Å². The van der Waals surface area contributed by atoms with Crippen LogP contribution in [0.15, 0.2) is 24.3 Å². The summed E-state index contributed by atoms with van der Waals surface area (Å²) >= 11 is 0. The second-order valence-electron chi connectivity index (χ2n) is 16.5. The van der Waals surface area contributed by atoms with Crippen LogP contribution in [0.1, 0.15) is 232 Å². The van der Waals surface area contributed by atoms with E-state index in [1.54, 1.807) is 0 Å². The van der Waals surface area contributed by atoms with E-state index in [2.05, 4.69) is 38.2 Å². The molecular weight excluding hydrogens is 751 g/mol. The number of unbranched alkanes of at least 4 members (excludes halogenated alkanes) is 29. The van der Waals surface area contributed by atoms with Gasteiger partial charge < -0.3 is 24.6 Å². The van der Waals surface area contributed by atoms with Crippen molar-refractivity contribution in [2.45, 2.75) is 244 Å². The summed E-state index contributed by atoms with van der Waals surface area (Å²) in [7, 11) is -4.52. The predicted molar refractivity (Wildman–Crippen MR) is 242 cm³/mol. The Morgan fingerprint density at radius 1 is 0.534 bits per heavy atom. The first-order valence-corrected chi connectivity index (χ1v) is 25.8. The molecule has 3 unspecified atom stereocenters. The molecule has 58 heavy (non-hydrogen) atoms. The maximum absolute atomic E-state index is 12.7. The molecule has 0 bridgehead atoms. The summed E-state index contributed by atoms with van der Waals surface area (Å²) in [6.07, 6.45) is 48.5. The van der Waals surface area contributed by atoms with Gasteiger partial charge in [0.15, 0.2) is 0 Å². The first-order chi connectivity index (χ1) is 28.3. The number of phosphoric ester groups is 1. The Bertz CT molecular complexity index is 959. The molecule has 9 nitrogen and oxygen atoms in total. The van der Waals surface area contributed by atoms with Gasteiger partial charge in [-0.3, -0.25) is 13.8 Å². The van der Waals surface area contributed by atoms with Crippen molar-refractivity contribution in [2.75, 3.05) is 33.0 Å². The monoisotopic (exact) mass is 845 g/mol. The minimum Gasteiger partial charge on any atom is -0.457 e. The molecule has 0 aromatic carbocycles. The van der Waals surface area contributed by atoms with Gasteiger partial charge in [-0.2, -0.15) is 0 Å². The molecule has 3 atom stereocenters. The number of carbonyl (C=O) groups excluding carboxylic acids is 1. The third-order valence-electron chi connectivity index (χ3n) is 10.6. The van der Waals surface area contributed by atoms with Crippen LogP contribution in [0.2, 0.25) is 0 Å². The molecular formula is C48H93O9P. The zero-order valence-electron chi connectivity index (χ0n) is 37.8. The number of aliphatic hydroxyl groups excluding tert-OH is 2. The van der Waals surface area contributed by atoms with Crippen molar-refractivity contribution < 1.29 is 43.0 Å². The van der Waals surface area contributed by atoms with Crippen LogP contribution in [0.5, 0.6) is 0 Å². The lowest BCUT2D eigenvalue weighted by Gasteiger charge is -2.20. The van der Waals surface area contributed by atoms with Crippen molar-refractivity contribution in [3.63, 3.8) is 0 Å². The van der Waals surface area contributed by atoms with Crippen LogP contribution < -0.4 is 0 Å². The maximum atomic E-state index is 12.7. The number of allylic oxidation sites excluding steroid dienone is 4. The SMILES string of the molecule is CCCCCCC/C=C\C/C=C\CCCCCCCCCCCCCC(=O)OC(COCCCCCCCCCCCCCCCC)COP(=O)(O)OCC(O)CO. The van der Waals surface area contributed by atoms with Crippen LogP contribution in [0.4, 0.5) is 0 Å². The second kappa shape index (κ2) is 45.5. The lowest BCUT2D eigenvalue weighted by Crippen LogP contribution is -2.29. The molecule has 0 saturated heterocycles. The standard InChI is InChI=1S/C48H93O9P/c1-3-5-7-9-11-13-15-17-19-20-21-22-23-24-25-26-27-28-30-32-34-36-38-40-48(51)57-47(45-56-58(52,53)55-43-46(50)42-49)44-54-41-39-37-35-33-31-29-18-16-14-12-10-8-6-4-2/h15,17,20-21,46-47,49-50H,3-14,16,18-19,22-45H2,1-2H3,(H,52,53)/b17-15-,21-20-. The Morgan fingerprint density at radius 2 is 0.931 bits per heavy atom. The highest BCUT2D eigenvalue weighted by atomic mass is 31.2. The first-order valence-electron chi connectivity index (χ1n) is 24.3. The summed E-state index contributed by atoms with van der Waals surface area (Å²) in [6, 6.07) is 0. The van der Waals surface area contributed by atoms with E-state index in [9.17, 15) is 19.4 Å². The summed E-state index contributed by atoms with van der Waals surface area (Å²) in [5, 5.41) is 18.4. The van der Waals surface area contributed by atoms with Crippen LogP contribution in [0.3, 0.4) is 0 Å². The van der Waals surface area contributed by atoms with E-state index >= 15 is 0 Å². The lowest BCUT2D eigenvalue weighted by molar-refractivity contribution is -0.154. The molecule has 0 heterocycles. The van der Waals surface area contributed by atoms with Crippen LogP contribution in [-0.2, 0) is 27.9 Å². The Morgan fingerprint density at radius 3 is 1.38 bits per heavy atom. The molecule has 0 aliphatic carbocycles. The molecule has 0 aromatic rings. The molecule has 344 valence electrons. The molecule has 0 radical (unpaired) electrons. The number of esters is 1. The molecule has 0 spiro atoms. The fourth-order valence-corrected chi connectivity index (χ4v) is 7.71. The highest BCUT2D eigenvalue weighted by molar-refractivity contribution is 7.47. The summed E-state index contributed by atoms with van der Waals surface area (Å²) < 4.78 is 33.5. The molecule has 0 aliphatic heterocycles. The van der Waals surface area contributed by atoms with Gasteiger partial charge in [-0.05, 0) is 44.9 Å². The number of phosphoric acid groups is 1. The van der Waals surface area contributed by atoms with Crippen LogP contribution in [-0.4, -0.2) is 66.3 Å². The van der Waals surface area contributed by atoms with Crippen molar-refractivity contribution in [1.82, 2.24) is 0 Å². The fourth-order valence-electron chi connectivity index (χ4n) is 6.92. The van der Waals surface area contributed by atoms with Gasteiger partial charge in [-0.15, -0.1) is 0 Å². The van der Waals surface area contributed by atoms with Crippen molar-refractivity contribution in [3.05, 3.63) is 24.3 Å². The normalized spacial score (nSPS) is 14.1. The first kappa shape index (κ1) is 56.9. The quantitative estimate of drug-likeness (QED) is 0.0237. The third kappa shape index (κ3) is 44.5. The summed E-state index contributed by atoms with van der Waals surface area (Å²) in [5.74, 6) is -0.381. The number of hydrogen-bond acceptors (Lipinski definition) is 8. The molecule has 0 fully saturated rings. The van der Waals surface area contributed by atoms with Crippen molar-refractivity contribution in [2.24, 2.45) is 0 Å². The number of aliphatic hydroxyl groups is 2. The molecule has 0 saturated carbocycles. The van der Waals surface area contributed by atoms with Gasteiger partial charge in [0.2, 0.25) is 0 Å². The molecule has 0 aromatic heterocycles. The van der Waals surface area contributed by atoms with E-state index in [-0.39, 0.29) is 25.6 Å². The number of ether oxygens (including phenoxy) is 2. The number of hydrogen-bond donors (Lipinski definition) is 3. The zero-order chi connectivity index (χ0) is 42.5. The fraction of sp³-hybridized carbons (Fsp3) is 0.896. The van der Waals surface area contributed by atoms with E-state index in [1.807, 2.05) is 0 Å². The van der Waals surface area contributed by atoms with E-state index < -0.39 is 33.2 Å². The molecule has 10 heteroatoms. The number of carbonyl (C=O) groups is 1. The van der Waals surface area contributed by atoms with Crippen LogP contribution in [0, 0.1) is 0 Å². The van der Waals surface area contributed by atoms with E-state index in [1.165, 1.54) is 173 Å². The molecule has 0 rings (SSSR count). The molecule has 3 N–H and O–H groups in total. The highest BCUT2D eigenvalue weighted by Gasteiger charge is 2.26. The van der Waals surface area contributed by atoms with E-state index in [0.717, 1.165) is 38.5 Å². The average Bonchev–Trinajstić information content (AvgIpc) is 3.21. The van der Waals surface area contributed by atoms with Gasteiger partial charge in [0.1, 0.15) is 12.2 Å². The van der Waals surface area contributed by atoms with Crippen molar-refractivity contribution >= 4 is 13.8 Å². The largest absolute Gasteiger partial charge is 0.472 e. The minimum absolute atomic E-state index is 0.0533. The minimum atomic E-state index is -4.52. The Hall–Kier alpha value is -1.06. The Balaban J connectivity index is 4.05. The van der Waals surface area contributed by atoms with Gasteiger partial charge in [-0.1, -0.05) is 205 Å². The van der Waals surface area contributed by atoms with Gasteiger partial charge >= 0.3 is 13.8 Å². The van der Waals surface area contributed by atoms with Crippen LogP contribution >= 0.6 is 7.82 Å². The molecule has 0 amide bonds. The van der Waals surface area contributed by atoms with Gasteiger partial charge in [0, 0.05) is 13.0 Å². The van der Waals surface area contributed by atoms with E-state index in [0.29, 0.717) is 6.61 Å². The zero-order valence-corrected chi connectivity index (χ0v) is 38.7. The smallest absolute Gasteiger partial charge is 0.457 e. The third-order valence-corrected chi connectivity index (χ3v) is 11.6. The van der Waals surface area contributed by atoms with Crippen molar-refractivity contribution in [1.29, 1.82) is 0 Å². The highest BCUT2D eigenvalue weighted by Crippen LogP contribution is 2.43. The molecule has 0 aliphatic rings. The summed E-state index contributed by atoms with van der Waals surface area (Å²) in [6.45, 7) is 3.55. The van der Waals surface area contributed by atoms with Gasteiger partial charge in [-0.25, -0.2) is 4.57 Å². The average molecular weight is 845 g/mol. The van der Waals surface area contributed by atoms with Gasteiger partial charge in [0.25, 0.3) is 0 Å². The lowest BCUT2D eigenvalue weighted by atomic mass is 10.0. The maximum Gasteiger partial charge on any atom is 0.472 e. The van der Waals surface area contributed by atoms with Crippen LogP contribution in [0.25, 0.3) is 0 Å². The Labute approximate surface area is 357 Å². The Kier molecular flexibility index (Phi) is 44.6. The number of rotatable bonds is 47. The predicted octanol–water partition coefficient (Wildman–Crippen LogP) is 13.8. The summed E-state index contributed by atoms with van der Waals surface area (Å²) in [5.41, 5.74) is 0. The van der Waals surface area contributed by atoms with E-state index in [4.69, 9.17) is 23.6 Å². The van der Waals surface area contributed by atoms with Crippen molar-refractivity contribution in [3.8, 4) is 0 Å².